The third kappa shape index (κ3) is 6.50. The molecule has 2 heterocycles. The van der Waals surface area contributed by atoms with E-state index in [4.69, 9.17) is 0 Å². The van der Waals surface area contributed by atoms with Crippen LogP contribution in [0.25, 0.3) is 0 Å². The first kappa shape index (κ1) is 27.2. The molecule has 184 valence electrons. The van der Waals surface area contributed by atoms with Crippen LogP contribution in [0, 0.1) is 5.92 Å². The van der Waals surface area contributed by atoms with Crippen LogP contribution in [-0.4, -0.2) is 39.3 Å². The molecule has 2 rings (SSSR count). The van der Waals surface area contributed by atoms with Crippen molar-refractivity contribution < 1.29 is 18.9 Å². The van der Waals surface area contributed by atoms with Gasteiger partial charge in [-0.1, -0.05) is 71.1 Å². The molecule has 5 heteroatoms. The maximum absolute atomic E-state index is 13.6. The predicted molar refractivity (Wildman–Crippen MR) is 130 cm³/mol. The summed E-state index contributed by atoms with van der Waals surface area (Å²) in [5.41, 5.74) is -0.440. The van der Waals surface area contributed by atoms with Gasteiger partial charge in [0.15, 0.2) is 0 Å². The van der Waals surface area contributed by atoms with E-state index in [0.29, 0.717) is 12.8 Å². The minimum atomic E-state index is -0.545. The third-order valence-corrected chi connectivity index (χ3v) is 7.63. The number of quaternary nitrogens is 1. The Kier molecular flexibility index (Phi) is 9.66. The van der Waals surface area contributed by atoms with Gasteiger partial charge >= 0.3 is 17.7 Å². The molecule has 2 aliphatic rings. The Balaban J connectivity index is 1.91. The van der Waals surface area contributed by atoms with Gasteiger partial charge in [0.05, 0.1) is 19.3 Å². The van der Waals surface area contributed by atoms with E-state index in [-0.39, 0.29) is 47.2 Å². The second-order valence-corrected chi connectivity index (χ2v) is 11.8. The molecular formula is C27H49N2O3+. The number of carbonyl (C=O) groups is 3. The van der Waals surface area contributed by atoms with Crippen molar-refractivity contribution in [2.45, 2.75) is 149 Å². The van der Waals surface area contributed by atoms with E-state index in [1.807, 2.05) is 0 Å². The molecule has 0 aromatic heterocycles. The molecule has 2 atom stereocenters. The Labute approximate surface area is 196 Å². The van der Waals surface area contributed by atoms with Crippen LogP contribution in [0.4, 0.5) is 0 Å². The standard InChI is InChI=1S/C27H49N2O3/c1-7-8-9-10-11-12-13-14-15-16-17-22-18-24(31)29(21(2)30,25(22)32)23-19-26(3,4)28-27(5,6)20-23/h22-23,28H,7-20H2,1-6H3/q+1. The second-order valence-electron chi connectivity index (χ2n) is 11.8. The highest BCUT2D eigenvalue weighted by Crippen LogP contribution is 2.42. The molecule has 0 aromatic carbocycles. The summed E-state index contributed by atoms with van der Waals surface area (Å²) < 4.78 is -0.545. The van der Waals surface area contributed by atoms with Gasteiger partial charge in [0.25, 0.3) is 0 Å². The SMILES string of the molecule is CCCCCCCCCCCCC1CC(=O)[N+](C(C)=O)(C2CC(C)(C)NC(C)(C)C2)C1=O. The van der Waals surface area contributed by atoms with E-state index in [2.05, 4.69) is 39.9 Å². The van der Waals surface area contributed by atoms with Gasteiger partial charge in [0, 0.05) is 23.9 Å². The maximum atomic E-state index is 13.6. The molecular weight excluding hydrogens is 400 g/mol. The van der Waals surface area contributed by atoms with Crippen molar-refractivity contribution >= 4 is 17.7 Å². The first-order chi connectivity index (χ1) is 15.0. The predicted octanol–water partition coefficient (Wildman–Crippen LogP) is 6.04. The molecule has 1 N–H and O–H groups in total. The van der Waals surface area contributed by atoms with E-state index in [0.717, 1.165) is 19.3 Å². The monoisotopic (exact) mass is 449 g/mol. The van der Waals surface area contributed by atoms with Gasteiger partial charge in [-0.3, -0.25) is 0 Å². The largest absolute Gasteiger partial charge is 0.332 e. The zero-order valence-electron chi connectivity index (χ0n) is 21.7. The van der Waals surface area contributed by atoms with Crippen LogP contribution >= 0.6 is 0 Å². The van der Waals surface area contributed by atoms with Crippen LogP contribution in [0.2, 0.25) is 0 Å². The third-order valence-electron chi connectivity index (χ3n) is 7.63. The topological polar surface area (TPSA) is 63.2 Å². The number of hydrogen-bond donors (Lipinski definition) is 1. The lowest BCUT2D eigenvalue weighted by atomic mass is 9.78. The van der Waals surface area contributed by atoms with Crippen molar-refractivity contribution in [2.24, 2.45) is 5.92 Å². The number of unbranched alkanes of at least 4 members (excludes halogenated alkanes) is 9. The molecule has 0 bridgehead atoms. The van der Waals surface area contributed by atoms with Crippen LogP contribution in [0.1, 0.15) is 131 Å². The Morgan fingerprint density at radius 3 is 1.81 bits per heavy atom. The highest BCUT2D eigenvalue weighted by atomic mass is 16.2. The molecule has 5 nitrogen and oxygen atoms in total. The van der Waals surface area contributed by atoms with Crippen LogP contribution in [0.3, 0.4) is 0 Å². The molecule has 3 amide bonds. The summed E-state index contributed by atoms with van der Waals surface area (Å²) in [5.74, 6) is -0.874. The van der Waals surface area contributed by atoms with Crippen LogP contribution in [0.15, 0.2) is 0 Å². The van der Waals surface area contributed by atoms with Gasteiger partial charge in [-0.05, 0) is 34.1 Å². The van der Waals surface area contributed by atoms with Crippen molar-refractivity contribution in [1.29, 1.82) is 0 Å². The summed E-state index contributed by atoms with van der Waals surface area (Å²) in [6.45, 7) is 12.1. The number of nitrogens with one attached hydrogen (secondary N) is 1. The van der Waals surface area contributed by atoms with E-state index in [9.17, 15) is 14.4 Å². The lowest BCUT2D eigenvalue weighted by Gasteiger charge is -2.49. The zero-order chi connectivity index (χ0) is 24.0. The summed E-state index contributed by atoms with van der Waals surface area (Å²) >= 11 is 0. The summed E-state index contributed by atoms with van der Waals surface area (Å²) in [6, 6.07) is -0.267. The van der Waals surface area contributed by atoms with Crippen LogP contribution < -0.4 is 5.32 Å². The molecule has 2 unspecified atom stereocenters. The first-order valence-corrected chi connectivity index (χ1v) is 13.2. The van der Waals surface area contributed by atoms with Gasteiger partial charge in [0.1, 0.15) is 6.04 Å². The number of rotatable bonds is 12. The summed E-state index contributed by atoms with van der Waals surface area (Å²) in [5, 5.41) is 3.61. The Morgan fingerprint density at radius 1 is 0.875 bits per heavy atom. The lowest BCUT2D eigenvalue weighted by Crippen LogP contribution is -2.70. The maximum Gasteiger partial charge on any atom is 0.332 e. The Hall–Kier alpha value is -1.07. The number of piperidine rings is 1. The van der Waals surface area contributed by atoms with Crippen LogP contribution in [0.5, 0.6) is 0 Å². The normalized spacial score (nSPS) is 27.8. The van der Waals surface area contributed by atoms with Gasteiger partial charge in [-0.15, -0.1) is 4.48 Å². The van der Waals surface area contributed by atoms with Crippen molar-refractivity contribution in [3.05, 3.63) is 0 Å². The van der Waals surface area contributed by atoms with E-state index in [1.54, 1.807) is 0 Å². The molecule has 0 aromatic rings. The molecule has 2 aliphatic heterocycles. The van der Waals surface area contributed by atoms with E-state index < -0.39 is 4.48 Å². The summed E-state index contributed by atoms with van der Waals surface area (Å²) in [4.78, 5) is 39.8. The molecule has 0 spiro atoms. The van der Waals surface area contributed by atoms with E-state index >= 15 is 0 Å². The number of likely N-dealkylation sites (tertiary alicyclic amines) is 1. The second kappa shape index (κ2) is 11.4. The van der Waals surface area contributed by atoms with Crippen LogP contribution in [-0.2, 0) is 14.4 Å². The van der Waals surface area contributed by atoms with Crippen molar-refractivity contribution in [3.8, 4) is 0 Å². The highest BCUT2D eigenvalue weighted by Gasteiger charge is 2.64. The quantitative estimate of drug-likeness (QED) is 0.224. The van der Waals surface area contributed by atoms with Gasteiger partial charge in [-0.25, -0.2) is 14.4 Å². The minimum Gasteiger partial charge on any atom is -0.306 e. The molecule has 2 saturated heterocycles. The number of imide groups is 3. The fourth-order valence-electron chi connectivity index (χ4n) is 6.47. The van der Waals surface area contributed by atoms with Gasteiger partial charge in [-0.2, -0.15) is 0 Å². The average molecular weight is 450 g/mol. The van der Waals surface area contributed by atoms with E-state index in [1.165, 1.54) is 58.3 Å². The van der Waals surface area contributed by atoms with Crippen molar-refractivity contribution in [1.82, 2.24) is 5.32 Å². The zero-order valence-corrected chi connectivity index (χ0v) is 21.7. The number of hydrogen-bond acceptors (Lipinski definition) is 4. The number of nitrogens with zero attached hydrogens (tertiary/aromatic N) is 1. The summed E-state index contributed by atoms with van der Waals surface area (Å²) in [7, 11) is 0. The fraction of sp³-hybridized carbons (Fsp3) is 0.889. The molecule has 2 fully saturated rings. The van der Waals surface area contributed by atoms with Gasteiger partial charge in [0.2, 0.25) is 0 Å². The first-order valence-electron chi connectivity index (χ1n) is 13.2. The smallest absolute Gasteiger partial charge is 0.306 e. The number of carbonyl (C=O) groups excluding carboxylic acids is 3. The highest BCUT2D eigenvalue weighted by molar-refractivity contribution is 6.03. The Morgan fingerprint density at radius 2 is 1.34 bits per heavy atom. The average Bonchev–Trinajstić information content (AvgIpc) is 2.91. The molecule has 0 saturated carbocycles. The molecule has 32 heavy (non-hydrogen) atoms. The summed E-state index contributed by atoms with van der Waals surface area (Å²) in [6.07, 6.45) is 14.8. The Bertz CT molecular complexity index is 654. The van der Waals surface area contributed by atoms with Crippen molar-refractivity contribution in [3.63, 3.8) is 0 Å². The van der Waals surface area contributed by atoms with Gasteiger partial charge < -0.3 is 5.32 Å². The molecule has 0 aliphatic carbocycles. The lowest BCUT2D eigenvalue weighted by molar-refractivity contribution is -0.730. The minimum absolute atomic E-state index is 0.128. The number of amides is 3. The molecule has 0 radical (unpaired) electrons. The van der Waals surface area contributed by atoms with Crippen molar-refractivity contribution in [2.75, 3.05) is 0 Å². The fourth-order valence-corrected chi connectivity index (χ4v) is 6.47.